The van der Waals surface area contributed by atoms with E-state index in [9.17, 15) is 4.79 Å². The number of hydrogen-bond acceptors (Lipinski definition) is 3. The summed E-state index contributed by atoms with van der Waals surface area (Å²) in [6.07, 6.45) is 4.38. The molecule has 2 aliphatic heterocycles. The predicted molar refractivity (Wildman–Crippen MR) is 85.3 cm³/mol. The fraction of sp³-hybridized carbons (Fsp3) is 0.588. The number of nitrogens with zero attached hydrogens (tertiary/aromatic N) is 2. The number of carbonyl (C=O) groups is 1. The van der Waals surface area contributed by atoms with E-state index in [-0.39, 0.29) is 5.91 Å². The monoisotopic (exact) mass is 287 g/mol. The Hall–Kier alpha value is -1.39. The van der Waals surface area contributed by atoms with Crippen LogP contribution in [0.4, 0.5) is 5.69 Å². The van der Waals surface area contributed by atoms with E-state index < -0.39 is 0 Å². The summed E-state index contributed by atoms with van der Waals surface area (Å²) in [5.74, 6) is 0.516. The summed E-state index contributed by atoms with van der Waals surface area (Å²) in [5.41, 5.74) is 8.05. The zero-order valence-corrected chi connectivity index (χ0v) is 12.6. The standard InChI is InChI=1S/C17H25N3O/c18-12-15-11-17(21)20(13-15)16-5-3-14(4-6-16)7-10-19-8-1-2-9-19/h3-6,15H,1-2,7-13,18H2. The van der Waals surface area contributed by atoms with Gasteiger partial charge in [0.25, 0.3) is 0 Å². The number of carbonyl (C=O) groups excluding carboxylic acids is 1. The Morgan fingerprint density at radius 1 is 1.14 bits per heavy atom. The summed E-state index contributed by atoms with van der Waals surface area (Å²) >= 11 is 0. The van der Waals surface area contributed by atoms with Crippen LogP contribution < -0.4 is 10.6 Å². The van der Waals surface area contributed by atoms with E-state index in [4.69, 9.17) is 5.73 Å². The van der Waals surface area contributed by atoms with E-state index in [0.717, 1.165) is 25.2 Å². The van der Waals surface area contributed by atoms with Crippen LogP contribution in [0.25, 0.3) is 0 Å². The van der Waals surface area contributed by atoms with Gasteiger partial charge >= 0.3 is 0 Å². The Morgan fingerprint density at radius 3 is 2.48 bits per heavy atom. The molecule has 0 bridgehead atoms. The topological polar surface area (TPSA) is 49.6 Å². The van der Waals surface area contributed by atoms with Gasteiger partial charge in [-0.2, -0.15) is 0 Å². The fourth-order valence-electron chi connectivity index (χ4n) is 3.32. The van der Waals surface area contributed by atoms with Crippen molar-refractivity contribution in [1.82, 2.24) is 4.90 Å². The quantitative estimate of drug-likeness (QED) is 0.895. The maximum Gasteiger partial charge on any atom is 0.227 e. The van der Waals surface area contributed by atoms with E-state index in [1.807, 2.05) is 4.90 Å². The highest BCUT2D eigenvalue weighted by atomic mass is 16.2. The van der Waals surface area contributed by atoms with E-state index in [1.54, 1.807) is 0 Å². The maximum atomic E-state index is 12.0. The average Bonchev–Trinajstić information content (AvgIpc) is 3.15. The van der Waals surface area contributed by atoms with Gasteiger partial charge in [-0.3, -0.25) is 4.79 Å². The van der Waals surface area contributed by atoms with Crippen molar-refractivity contribution >= 4 is 11.6 Å². The second-order valence-electron chi connectivity index (χ2n) is 6.28. The highest BCUT2D eigenvalue weighted by Crippen LogP contribution is 2.25. The number of nitrogens with two attached hydrogens (primary N) is 1. The lowest BCUT2D eigenvalue weighted by Crippen LogP contribution is -2.25. The van der Waals surface area contributed by atoms with Crippen LogP contribution in [0.1, 0.15) is 24.8 Å². The summed E-state index contributed by atoms with van der Waals surface area (Å²) in [7, 11) is 0. The van der Waals surface area contributed by atoms with E-state index in [0.29, 0.717) is 18.9 Å². The molecule has 4 heteroatoms. The zero-order valence-electron chi connectivity index (χ0n) is 12.6. The molecule has 1 aromatic rings. The highest BCUT2D eigenvalue weighted by Gasteiger charge is 2.29. The lowest BCUT2D eigenvalue weighted by Gasteiger charge is -2.18. The van der Waals surface area contributed by atoms with Crippen LogP contribution in [0.3, 0.4) is 0 Å². The highest BCUT2D eigenvalue weighted by molar-refractivity contribution is 5.95. The molecule has 0 saturated carbocycles. The molecule has 3 rings (SSSR count). The fourth-order valence-corrected chi connectivity index (χ4v) is 3.32. The molecule has 1 unspecified atom stereocenters. The Bertz CT molecular complexity index is 479. The maximum absolute atomic E-state index is 12.0. The molecule has 4 nitrogen and oxygen atoms in total. The Kier molecular flexibility index (Phi) is 4.56. The van der Waals surface area contributed by atoms with Crippen molar-refractivity contribution in [2.75, 3.05) is 37.6 Å². The third kappa shape index (κ3) is 3.44. The summed E-state index contributed by atoms with van der Waals surface area (Å²) in [5, 5.41) is 0. The first-order valence-corrected chi connectivity index (χ1v) is 8.08. The number of hydrogen-bond donors (Lipinski definition) is 1. The van der Waals surface area contributed by atoms with Crippen molar-refractivity contribution in [3.63, 3.8) is 0 Å². The van der Waals surface area contributed by atoms with Gasteiger partial charge in [0.1, 0.15) is 0 Å². The van der Waals surface area contributed by atoms with Crippen LogP contribution in [-0.2, 0) is 11.2 Å². The second-order valence-corrected chi connectivity index (χ2v) is 6.28. The SMILES string of the molecule is NCC1CC(=O)N(c2ccc(CCN3CCCC3)cc2)C1. The number of likely N-dealkylation sites (tertiary alicyclic amines) is 1. The minimum absolute atomic E-state index is 0.204. The van der Waals surface area contributed by atoms with Gasteiger partial charge in [-0.1, -0.05) is 12.1 Å². The van der Waals surface area contributed by atoms with Crippen LogP contribution in [0.2, 0.25) is 0 Å². The molecule has 1 amide bonds. The normalized spacial score (nSPS) is 23.2. The molecular formula is C17H25N3O. The van der Waals surface area contributed by atoms with Crippen molar-refractivity contribution in [2.45, 2.75) is 25.7 Å². The number of benzene rings is 1. The average molecular weight is 287 g/mol. The predicted octanol–water partition coefficient (Wildman–Crippen LogP) is 1.64. The Balaban J connectivity index is 1.57. The Labute approximate surface area is 126 Å². The number of rotatable bonds is 5. The van der Waals surface area contributed by atoms with Crippen molar-refractivity contribution in [1.29, 1.82) is 0 Å². The number of amides is 1. The van der Waals surface area contributed by atoms with Crippen LogP contribution in [0.5, 0.6) is 0 Å². The first-order valence-electron chi connectivity index (χ1n) is 8.08. The van der Waals surface area contributed by atoms with Gasteiger partial charge in [-0.05, 0) is 62.5 Å². The van der Waals surface area contributed by atoms with Crippen molar-refractivity contribution in [3.05, 3.63) is 29.8 Å². The van der Waals surface area contributed by atoms with Gasteiger partial charge in [-0.15, -0.1) is 0 Å². The third-order valence-corrected chi connectivity index (χ3v) is 4.70. The van der Waals surface area contributed by atoms with E-state index in [2.05, 4.69) is 29.2 Å². The smallest absolute Gasteiger partial charge is 0.227 e. The molecule has 0 aliphatic carbocycles. The van der Waals surface area contributed by atoms with E-state index in [1.165, 1.54) is 31.5 Å². The van der Waals surface area contributed by atoms with Crippen molar-refractivity contribution in [2.24, 2.45) is 11.7 Å². The van der Waals surface area contributed by atoms with Crippen LogP contribution in [0, 0.1) is 5.92 Å². The van der Waals surface area contributed by atoms with Crippen molar-refractivity contribution in [3.8, 4) is 0 Å². The first-order chi connectivity index (χ1) is 10.3. The largest absolute Gasteiger partial charge is 0.330 e. The van der Waals surface area contributed by atoms with Crippen LogP contribution in [-0.4, -0.2) is 43.5 Å². The summed E-state index contributed by atoms with van der Waals surface area (Å²) in [6, 6.07) is 8.48. The lowest BCUT2D eigenvalue weighted by atomic mass is 10.1. The van der Waals surface area contributed by atoms with Gasteiger partial charge in [0.2, 0.25) is 5.91 Å². The molecule has 1 aromatic carbocycles. The minimum atomic E-state index is 0.204. The second kappa shape index (κ2) is 6.58. The van der Waals surface area contributed by atoms with E-state index >= 15 is 0 Å². The molecule has 2 aliphatic rings. The molecule has 2 saturated heterocycles. The Morgan fingerprint density at radius 2 is 1.86 bits per heavy atom. The lowest BCUT2D eigenvalue weighted by molar-refractivity contribution is -0.117. The van der Waals surface area contributed by atoms with Gasteiger partial charge in [0.05, 0.1) is 0 Å². The molecule has 2 heterocycles. The van der Waals surface area contributed by atoms with Crippen molar-refractivity contribution < 1.29 is 4.79 Å². The molecule has 2 N–H and O–H groups in total. The van der Waals surface area contributed by atoms with Gasteiger partial charge < -0.3 is 15.5 Å². The molecule has 0 radical (unpaired) electrons. The molecule has 0 spiro atoms. The third-order valence-electron chi connectivity index (χ3n) is 4.70. The van der Waals surface area contributed by atoms with Gasteiger partial charge in [-0.25, -0.2) is 0 Å². The summed E-state index contributed by atoms with van der Waals surface area (Å²) in [6.45, 7) is 5.01. The molecule has 1 atom stereocenters. The molecular weight excluding hydrogens is 262 g/mol. The molecule has 114 valence electrons. The minimum Gasteiger partial charge on any atom is -0.330 e. The molecule has 0 aromatic heterocycles. The molecule has 21 heavy (non-hydrogen) atoms. The van der Waals surface area contributed by atoms with Crippen LogP contribution >= 0.6 is 0 Å². The first kappa shape index (κ1) is 14.5. The summed E-state index contributed by atoms with van der Waals surface area (Å²) in [4.78, 5) is 16.4. The van der Waals surface area contributed by atoms with Gasteiger partial charge in [0.15, 0.2) is 0 Å². The number of anilines is 1. The van der Waals surface area contributed by atoms with Crippen LogP contribution in [0.15, 0.2) is 24.3 Å². The van der Waals surface area contributed by atoms with Gasteiger partial charge in [0, 0.05) is 25.2 Å². The zero-order chi connectivity index (χ0) is 14.7. The summed E-state index contributed by atoms with van der Waals surface area (Å²) < 4.78 is 0. The molecule has 2 fully saturated rings.